The molecular formula is C4H8ClN3O5S. The molecule has 0 aliphatic carbocycles. The van der Waals surface area contributed by atoms with Gasteiger partial charge in [0.2, 0.25) is 5.91 Å². The first-order chi connectivity index (χ1) is 6.29. The summed E-state index contributed by atoms with van der Waals surface area (Å²) < 4.78 is 27.4. The number of amides is 2. The second-order valence-electron chi connectivity index (χ2n) is 1.98. The second-order valence-corrected chi connectivity index (χ2v) is 4.04. The van der Waals surface area contributed by atoms with Crippen LogP contribution in [0.1, 0.15) is 6.92 Å². The topological polar surface area (TPSA) is 105 Å². The van der Waals surface area contributed by atoms with E-state index >= 15 is 0 Å². The number of carbonyl (C=O) groups excluding carboxylic acids is 2. The number of nitrogens with one attached hydrogen (secondary N) is 2. The molecule has 0 rings (SSSR count). The summed E-state index contributed by atoms with van der Waals surface area (Å²) in [7, 11) is -3.35. The van der Waals surface area contributed by atoms with E-state index in [1.807, 2.05) is 0 Å². The van der Waals surface area contributed by atoms with Crippen LogP contribution in [-0.4, -0.2) is 31.5 Å². The maximum atomic E-state index is 11.0. The lowest BCUT2D eigenvalue weighted by molar-refractivity contribution is -0.120. The summed E-state index contributed by atoms with van der Waals surface area (Å²) in [4.78, 5) is 20.9. The van der Waals surface area contributed by atoms with Gasteiger partial charge in [0.05, 0.1) is 7.11 Å². The van der Waals surface area contributed by atoms with E-state index in [9.17, 15) is 18.0 Å². The third-order valence-electron chi connectivity index (χ3n) is 0.854. The van der Waals surface area contributed by atoms with Crippen molar-refractivity contribution in [3.05, 3.63) is 0 Å². The molecule has 0 saturated carbocycles. The Hall–Kier alpha value is -1.06. The number of rotatable bonds is 3. The molecule has 0 spiro atoms. The van der Waals surface area contributed by atoms with Crippen molar-refractivity contribution in [3.8, 4) is 0 Å². The minimum atomic E-state index is -4.32. The van der Waals surface area contributed by atoms with Gasteiger partial charge in [0.25, 0.3) is 0 Å². The number of methoxy groups -OCH3 is 1. The number of nitrogens with zero attached hydrogens (tertiary/aromatic N) is 1. The molecule has 0 saturated heterocycles. The van der Waals surface area contributed by atoms with Gasteiger partial charge in [-0.05, 0) is 3.93 Å². The van der Waals surface area contributed by atoms with Gasteiger partial charge in [-0.1, -0.05) is 0 Å². The molecule has 0 aliphatic heterocycles. The molecule has 0 aromatic rings. The number of hydrogen-bond acceptors (Lipinski definition) is 5. The molecule has 0 atom stereocenters. The minimum absolute atomic E-state index is 0.0632. The lowest BCUT2D eigenvalue weighted by Crippen LogP contribution is -2.46. The fraction of sp³-hybridized carbons (Fsp3) is 0.500. The van der Waals surface area contributed by atoms with Crippen molar-refractivity contribution in [2.75, 3.05) is 7.11 Å². The zero-order chi connectivity index (χ0) is 11.4. The number of carbonyl (C=O) groups is 2. The average Bonchev–Trinajstić information content (AvgIpc) is 2.02. The molecule has 0 fully saturated rings. The lowest BCUT2D eigenvalue weighted by Gasteiger charge is -2.13. The molecule has 0 aromatic heterocycles. The molecule has 0 heterocycles. The number of hydrazine groups is 1. The van der Waals surface area contributed by atoms with Crippen molar-refractivity contribution in [1.29, 1.82) is 0 Å². The molecule has 14 heavy (non-hydrogen) atoms. The van der Waals surface area contributed by atoms with Gasteiger partial charge in [0.1, 0.15) is 0 Å². The number of hydrogen-bond donors (Lipinski definition) is 2. The van der Waals surface area contributed by atoms with Crippen LogP contribution in [0.5, 0.6) is 0 Å². The summed E-state index contributed by atoms with van der Waals surface area (Å²) in [6.07, 6.45) is -1.22. The van der Waals surface area contributed by atoms with Crippen LogP contribution in [0.4, 0.5) is 4.79 Å². The maximum Gasteiger partial charge on any atom is 0.421 e. The van der Waals surface area contributed by atoms with Crippen LogP contribution in [0.3, 0.4) is 0 Å². The zero-order valence-corrected chi connectivity index (χ0v) is 8.85. The Kier molecular flexibility index (Phi) is 4.60. The molecule has 0 aliphatic rings. The van der Waals surface area contributed by atoms with Crippen molar-refractivity contribution in [3.63, 3.8) is 0 Å². The van der Waals surface area contributed by atoms with Crippen molar-refractivity contribution in [1.82, 2.24) is 14.1 Å². The van der Waals surface area contributed by atoms with Gasteiger partial charge in [0, 0.05) is 18.7 Å². The van der Waals surface area contributed by atoms with Crippen molar-refractivity contribution in [2.24, 2.45) is 0 Å². The van der Waals surface area contributed by atoms with Gasteiger partial charge < -0.3 is 4.74 Å². The van der Waals surface area contributed by atoms with Crippen LogP contribution in [0, 0.1) is 0 Å². The van der Waals surface area contributed by atoms with Crippen LogP contribution in [0.2, 0.25) is 0 Å². The van der Waals surface area contributed by atoms with E-state index in [4.69, 9.17) is 11.8 Å². The highest BCUT2D eigenvalue weighted by Gasteiger charge is 2.23. The van der Waals surface area contributed by atoms with E-state index in [0.717, 1.165) is 14.0 Å². The van der Waals surface area contributed by atoms with E-state index in [1.165, 1.54) is 4.72 Å². The Bertz CT molecular complexity index is 328. The molecule has 82 valence electrons. The molecule has 8 nitrogen and oxygen atoms in total. The highest BCUT2D eigenvalue weighted by molar-refractivity contribution is 7.88. The van der Waals surface area contributed by atoms with E-state index in [0.29, 0.717) is 0 Å². The first-order valence-electron chi connectivity index (χ1n) is 3.13. The maximum absolute atomic E-state index is 11.0. The van der Waals surface area contributed by atoms with Gasteiger partial charge in [-0.15, -0.1) is 0 Å². The highest BCUT2D eigenvalue weighted by Crippen LogP contribution is 1.97. The largest absolute Gasteiger partial charge is 0.452 e. The molecule has 2 N–H and O–H groups in total. The lowest BCUT2D eigenvalue weighted by atomic mass is 10.8. The summed E-state index contributed by atoms with van der Waals surface area (Å²) in [5, 5.41) is 0. The normalized spacial score (nSPS) is 10.9. The molecule has 0 aromatic carbocycles. The van der Waals surface area contributed by atoms with E-state index in [1.54, 1.807) is 5.43 Å². The summed E-state index contributed by atoms with van der Waals surface area (Å²) in [5.74, 6) is -0.713. The average molecular weight is 246 g/mol. The van der Waals surface area contributed by atoms with Crippen molar-refractivity contribution >= 4 is 34.0 Å². The Morgan fingerprint density at radius 3 is 2.29 bits per heavy atom. The standard InChI is InChI=1S/C4H8ClN3O5S/c1-3(9)6-8(5)14(11,12)7-4(10)13-2/h1-2H3,(H,6,9)(H,7,10). The van der Waals surface area contributed by atoms with Crippen LogP contribution in [0.25, 0.3) is 0 Å². The van der Waals surface area contributed by atoms with Crippen molar-refractivity contribution < 1.29 is 22.7 Å². The number of halogens is 1. The third-order valence-corrected chi connectivity index (χ3v) is 2.42. The second kappa shape index (κ2) is 4.98. The molecule has 2 amide bonds. The molecular weight excluding hydrogens is 238 g/mol. The zero-order valence-electron chi connectivity index (χ0n) is 7.27. The Labute approximate surface area is 85.4 Å². The Morgan fingerprint density at radius 1 is 1.43 bits per heavy atom. The summed E-state index contributed by atoms with van der Waals surface area (Å²) >= 11 is 5.11. The van der Waals surface area contributed by atoms with Gasteiger partial charge >= 0.3 is 16.3 Å². The van der Waals surface area contributed by atoms with Crippen molar-refractivity contribution in [2.45, 2.75) is 6.92 Å². The Morgan fingerprint density at radius 2 is 1.93 bits per heavy atom. The minimum Gasteiger partial charge on any atom is -0.452 e. The molecule has 0 unspecified atom stereocenters. The Balaban J connectivity index is 4.46. The van der Waals surface area contributed by atoms with Crippen LogP contribution in [0.15, 0.2) is 0 Å². The fourth-order valence-electron chi connectivity index (χ4n) is 0.371. The fourth-order valence-corrected chi connectivity index (χ4v) is 1.22. The smallest absolute Gasteiger partial charge is 0.421 e. The first-order valence-corrected chi connectivity index (χ1v) is 4.91. The van der Waals surface area contributed by atoms with Gasteiger partial charge in [0.15, 0.2) is 0 Å². The van der Waals surface area contributed by atoms with E-state index < -0.39 is 22.2 Å². The van der Waals surface area contributed by atoms with Crippen LogP contribution in [-0.2, 0) is 19.7 Å². The molecule has 0 radical (unpaired) electrons. The first kappa shape index (κ1) is 12.9. The molecule has 10 heteroatoms. The van der Waals surface area contributed by atoms with Gasteiger partial charge in [-0.25, -0.2) is 9.52 Å². The monoisotopic (exact) mass is 245 g/mol. The van der Waals surface area contributed by atoms with Gasteiger partial charge in [-0.3, -0.25) is 10.2 Å². The SMILES string of the molecule is COC(=O)NS(=O)(=O)N(Cl)NC(C)=O. The number of ether oxygens (including phenoxy) is 1. The summed E-state index contributed by atoms with van der Waals surface area (Å²) in [6, 6.07) is 0. The van der Waals surface area contributed by atoms with Crippen LogP contribution >= 0.6 is 11.8 Å². The summed E-state index contributed by atoms with van der Waals surface area (Å²) in [5.41, 5.74) is 1.71. The predicted molar refractivity (Wildman–Crippen MR) is 46.0 cm³/mol. The summed E-state index contributed by atoms with van der Waals surface area (Å²) in [6.45, 7) is 1.04. The van der Waals surface area contributed by atoms with E-state index in [-0.39, 0.29) is 3.93 Å². The van der Waals surface area contributed by atoms with Gasteiger partial charge in [-0.2, -0.15) is 8.42 Å². The molecule has 0 bridgehead atoms. The van der Waals surface area contributed by atoms with Crippen LogP contribution < -0.4 is 10.1 Å². The predicted octanol–water partition coefficient (Wildman–Crippen LogP) is -0.906. The van der Waals surface area contributed by atoms with E-state index in [2.05, 4.69) is 4.74 Å². The quantitative estimate of drug-likeness (QED) is 0.495. The third kappa shape index (κ3) is 4.25. The highest BCUT2D eigenvalue weighted by atomic mass is 35.5.